The number of aryl methyl sites for hydroxylation is 1. The van der Waals surface area contributed by atoms with Gasteiger partial charge in [-0.2, -0.15) is 0 Å². The van der Waals surface area contributed by atoms with Crippen LogP contribution in [0.4, 0.5) is 5.69 Å². The molecule has 1 aromatic rings. The van der Waals surface area contributed by atoms with Crippen molar-refractivity contribution in [2.45, 2.75) is 90.1 Å². The van der Waals surface area contributed by atoms with Gasteiger partial charge in [0.25, 0.3) is 0 Å². The van der Waals surface area contributed by atoms with Crippen molar-refractivity contribution >= 4 is 15.5 Å². The van der Waals surface area contributed by atoms with Gasteiger partial charge in [-0.15, -0.1) is 0 Å². The van der Waals surface area contributed by atoms with Crippen LogP contribution in [0.25, 0.3) is 0 Å². The highest BCUT2D eigenvalue weighted by atomic mass is 32.2. The van der Waals surface area contributed by atoms with Gasteiger partial charge >= 0.3 is 0 Å². The smallest absolute Gasteiger partial charge is 0.155 e. The fraction of sp³-hybridized carbons (Fsp3) is 0.739. The molecule has 0 aromatic heterocycles. The Morgan fingerprint density at radius 3 is 2.04 bits per heavy atom. The lowest BCUT2D eigenvalue weighted by atomic mass is 10.0. The summed E-state index contributed by atoms with van der Waals surface area (Å²) < 4.78 is 29.4. The molecule has 160 valence electrons. The molecule has 5 heteroatoms. The molecule has 1 fully saturated rings. The summed E-state index contributed by atoms with van der Waals surface area (Å²) in [5.74, 6) is 0.316. The summed E-state index contributed by atoms with van der Waals surface area (Å²) in [5, 5.41) is 0. The third kappa shape index (κ3) is 7.07. The van der Waals surface area contributed by atoms with Gasteiger partial charge in [0.15, 0.2) is 9.84 Å². The fourth-order valence-corrected chi connectivity index (χ4v) is 4.92. The van der Waals surface area contributed by atoms with Crippen LogP contribution in [0, 0.1) is 0 Å². The quantitative estimate of drug-likeness (QED) is 0.538. The number of sulfone groups is 1. The van der Waals surface area contributed by atoms with E-state index < -0.39 is 14.6 Å². The first-order valence-electron chi connectivity index (χ1n) is 10.8. The second-order valence-corrected chi connectivity index (χ2v) is 12.1. The molecule has 0 aliphatic carbocycles. The molecule has 0 saturated carbocycles. The number of nitrogens with zero attached hydrogens (tertiary/aromatic N) is 1. The topological polar surface area (TPSA) is 46.6 Å². The molecule has 1 saturated heterocycles. The highest BCUT2D eigenvalue weighted by molar-refractivity contribution is 7.92. The first-order chi connectivity index (χ1) is 13.1. The predicted octanol–water partition coefficient (Wildman–Crippen LogP) is 5.01. The zero-order chi connectivity index (χ0) is 20.8. The maximum absolute atomic E-state index is 12.1. The molecule has 1 aromatic carbocycles. The number of anilines is 1. The summed E-state index contributed by atoms with van der Waals surface area (Å²) in [7, 11) is -2.97. The van der Waals surface area contributed by atoms with E-state index in [0.717, 1.165) is 51.6 Å². The molecule has 1 heterocycles. The molecular formula is C23H39NO3S. The average molecular weight is 410 g/mol. The third-order valence-corrected chi connectivity index (χ3v) is 8.22. The summed E-state index contributed by atoms with van der Waals surface area (Å²) in [6.07, 6.45) is 6.88. The van der Waals surface area contributed by atoms with Crippen LogP contribution in [0.5, 0.6) is 0 Å². The minimum Gasteiger partial charge on any atom is -0.372 e. The fourth-order valence-electron chi connectivity index (χ4n) is 3.72. The van der Waals surface area contributed by atoms with Crippen molar-refractivity contribution in [1.29, 1.82) is 0 Å². The number of ether oxygens (including phenoxy) is 1. The van der Waals surface area contributed by atoms with E-state index in [4.69, 9.17) is 4.74 Å². The Labute approximate surface area is 172 Å². The number of hydrogen-bond acceptors (Lipinski definition) is 4. The molecular weight excluding hydrogens is 370 g/mol. The molecule has 4 nitrogen and oxygen atoms in total. The molecule has 1 aliphatic heterocycles. The van der Waals surface area contributed by atoms with Crippen molar-refractivity contribution in [1.82, 2.24) is 0 Å². The van der Waals surface area contributed by atoms with E-state index in [0.29, 0.717) is 5.75 Å². The van der Waals surface area contributed by atoms with Gasteiger partial charge in [-0.1, -0.05) is 31.4 Å². The molecule has 0 bridgehead atoms. The van der Waals surface area contributed by atoms with Crippen molar-refractivity contribution in [2.75, 3.05) is 23.7 Å². The molecule has 2 atom stereocenters. The third-order valence-electron chi connectivity index (χ3n) is 5.53. The maximum atomic E-state index is 12.1. The zero-order valence-corrected chi connectivity index (χ0v) is 19.2. The lowest BCUT2D eigenvalue weighted by Crippen LogP contribution is -2.45. The molecule has 2 rings (SSSR count). The molecule has 0 N–H and O–H groups in total. The van der Waals surface area contributed by atoms with E-state index in [2.05, 4.69) is 43.0 Å². The number of morpholine rings is 1. The van der Waals surface area contributed by atoms with E-state index in [9.17, 15) is 8.42 Å². The van der Waals surface area contributed by atoms with Gasteiger partial charge in [-0.05, 0) is 71.6 Å². The lowest BCUT2D eigenvalue weighted by Gasteiger charge is -2.36. The van der Waals surface area contributed by atoms with E-state index in [-0.39, 0.29) is 12.2 Å². The summed E-state index contributed by atoms with van der Waals surface area (Å²) in [6.45, 7) is 11.5. The van der Waals surface area contributed by atoms with Gasteiger partial charge in [-0.25, -0.2) is 8.42 Å². The second kappa shape index (κ2) is 10.1. The Bertz CT molecular complexity index is 682. The average Bonchev–Trinajstić information content (AvgIpc) is 2.59. The van der Waals surface area contributed by atoms with Crippen LogP contribution in [0.2, 0.25) is 0 Å². The number of hydrogen-bond donors (Lipinski definition) is 0. The van der Waals surface area contributed by atoms with E-state index in [1.807, 2.05) is 0 Å². The highest BCUT2D eigenvalue weighted by Gasteiger charge is 2.27. The standard InChI is InChI=1S/C23H39NO3S/c1-19-17-24(18-20(2)27-19)22-14-12-21(13-15-22)11-9-7-6-8-10-16-28(25,26)23(3,4)5/h12-15,19-20H,6-11,16-18H2,1-5H3/t19-,20-/m1/s1. The number of unbranched alkanes of at least 4 members (excludes halogenated alkanes) is 4. The Balaban J connectivity index is 1.65. The van der Waals surface area contributed by atoms with E-state index >= 15 is 0 Å². The van der Waals surface area contributed by atoms with Gasteiger partial charge in [0.1, 0.15) is 0 Å². The first-order valence-corrected chi connectivity index (χ1v) is 12.5. The monoisotopic (exact) mass is 409 g/mol. The highest BCUT2D eigenvalue weighted by Crippen LogP contribution is 2.22. The van der Waals surface area contributed by atoms with Crippen molar-refractivity contribution in [2.24, 2.45) is 0 Å². The molecule has 0 unspecified atom stereocenters. The van der Waals surface area contributed by atoms with Crippen LogP contribution in [0.3, 0.4) is 0 Å². The minimum absolute atomic E-state index is 0.279. The van der Waals surface area contributed by atoms with Gasteiger partial charge < -0.3 is 9.64 Å². The van der Waals surface area contributed by atoms with Gasteiger partial charge in [0.05, 0.1) is 22.7 Å². The number of rotatable bonds is 9. The predicted molar refractivity (Wildman–Crippen MR) is 119 cm³/mol. The SMILES string of the molecule is C[C@@H]1CN(c2ccc(CCCCCCCS(=O)(=O)C(C)(C)C)cc2)C[C@@H](C)O1. The van der Waals surface area contributed by atoms with Gasteiger partial charge in [0.2, 0.25) is 0 Å². The second-order valence-electron chi connectivity index (χ2n) is 9.28. The van der Waals surface area contributed by atoms with Crippen LogP contribution in [0.15, 0.2) is 24.3 Å². The van der Waals surface area contributed by atoms with Crippen LogP contribution in [-0.4, -0.2) is 44.2 Å². The zero-order valence-electron chi connectivity index (χ0n) is 18.4. The van der Waals surface area contributed by atoms with Crippen molar-refractivity contribution in [3.8, 4) is 0 Å². The Morgan fingerprint density at radius 1 is 0.929 bits per heavy atom. The van der Waals surface area contributed by atoms with Crippen LogP contribution in [0.1, 0.15) is 72.3 Å². The first kappa shape index (κ1) is 23.2. The van der Waals surface area contributed by atoms with Crippen molar-refractivity contribution in [3.63, 3.8) is 0 Å². The van der Waals surface area contributed by atoms with Gasteiger partial charge in [0, 0.05) is 18.8 Å². The normalized spacial score (nSPS) is 21.1. The van der Waals surface area contributed by atoms with Crippen molar-refractivity contribution < 1.29 is 13.2 Å². The van der Waals surface area contributed by atoms with E-state index in [1.165, 1.54) is 11.3 Å². The minimum atomic E-state index is -2.97. The summed E-state index contributed by atoms with van der Waals surface area (Å²) >= 11 is 0. The van der Waals surface area contributed by atoms with Crippen LogP contribution < -0.4 is 4.90 Å². The summed E-state index contributed by atoms with van der Waals surface area (Å²) in [6, 6.07) is 8.96. The molecule has 0 amide bonds. The molecule has 1 aliphatic rings. The number of benzene rings is 1. The maximum Gasteiger partial charge on any atom is 0.155 e. The Hall–Kier alpha value is -1.07. The molecule has 28 heavy (non-hydrogen) atoms. The van der Waals surface area contributed by atoms with Crippen molar-refractivity contribution in [3.05, 3.63) is 29.8 Å². The Morgan fingerprint density at radius 2 is 1.46 bits per heavy atom. The van der Waals surface area contributed by atoms with E-state index in [1.54, 1.807) is 20.8 Å². The lowest BCUT2D eigenvalue weighted by molar-refractivity contribution is -0.00521. The summed E-state index contributed by atoms with van der Waals surface area (Å²) in [4.78, 5) is 2.41. The Kier molecular flexibility index (Phi) is 8.38. The van der Waals surface area contributed by atoms with Crippen LogP contribution in [-0.2, 0) is 21.0 Å². The molecule has 0 spiro atoms. The van der Waals surface area contributed by atoms with Crippen LogP contribution >= 0.6 is 0 Å². The molecule has 0 radical (unpaired) electrons. The van der Waals surface area contributed by atoms with Gasteiger partial charge in [-0.3, -0.25) is 0 Å². The largest absolute Gasteiger partial charge is 0.372 e. The summed E-state index contributed by atoms with van der Waals surface area (Å²) in [5.41, 5.74) is 2.67.